The highest BCUT2D eigenvalue weighted by Crippen LogP contribution is 2.38. The highest BCUT2D eigenvalue weighted by atomic mass is 127. The van der Waals surface area contributed by atoms with Crippen molar-refractivity contribution in [3.05, 3.63) is 23.9 Å². The number of ether oxygens (including phenoxy) is 2. The van der Waals surface area contributed by atoms with Crippen LogP contribution in [-0.4, -0.2) is 61.5 Å². The minimum absolute atomic E-state index is 0. The highest BCUT2D eigenvalue weighted by Gasteiger charge is 2.42. The molecule has 158 valence electrons. The molecule has 0 saturated carbocycles. The van der Waals surface area contributed by atoms with E-state index in [9.17, 15) is 13.2 Å². The molecule has 2 aliphatic heterocycles. The quantitative estimate of drug-likeness (QED) is 0.372. The molecule has 0 aliphatic carbocycles. The monoisotopic (exact) mass is 514 g/mol. The van der Waals surface area contributed by atoms with E-state index >= 15 is 0 Å². The summed E-state index contributed by atoms with van der Waals surface area (Å²) in [7, 11) is 0. The van der Waals surface area contributed by atoms with E-state index in [1.165, 1.54) is 6.20 Å². The number of nitrogens with one attached hydrogen (secondary N) is 1. The van der Waals surface area contributed by atoms with Crippen LogP contribution in [0.4, 0.5) is 13.2 Å². The Balaban J connectivity index is 0.00000280. The van der Waals surface area contributed by atoms with Gasteiger partial charge in [0.05, 0.1) is 13.2 Å². The van der Waals surface area contributed by atoms with Crippen molar-refractivity contribution >= 4 is 29.9 Å². The van der Waals surface area contributed by atoms with E-state index in [1.807, 2.05) is 6.92 Å². The van der Waals surface area contributed by atoms with Gasteiger partial charge in [-0.05, 0) is 25.8 Å². The van der Waals surface area contributed by atoms with Gasteiger partial charge in [-0.25, -0.2) is 9.98 Å². The molecule has 6 nitrogen and oxygen atoms in total. The number of guanidine groups is 1. The van der Waals surface area contributed by atoms with E-state index < -0.39 is 12.8 Å². The molecule has 0 aromatic carbocycles. The Kier molecular flexibility index (Phi) is 8.17. The molecule has 2 fully saturated rings. The van der Waals surface area contributed by atoms with Crippen LogP contribution in [0.3, 0.4) is 0 Å². The molecule has 1 aromatic heterocycles. The van der Waals surface area contributed by atoms with Crippen molar-refractivity contribution in [1.82, 2.24) is 15.2 Å². The molecule has 2 aliphatic rings. The lowest BCUT2D eigenvalue weighted by molar-refractivity contribution is -0.154. The topological polar surface area (TPSA) is 59.0 Å². The average Bonchev–Trinajstić information content (AvgIpc) is 3.27. The Morgan fingerprint density at radius 3 is 2.93 bits per heavy atom. The summed E-state index contributed by atoms with van der Waals surface area (Å²) in [6.07, 6.45) is -0.875. The van der Waals surface area contributed by atoms with Crippen LogP contribution in [0.2, 0.25) is 0 Å². The average molecular weight is 514 g/mol. The van der Waals surface area contributed by atoms with E-state index in [1.54, 1.807) is 12.1 Å². The van der Waals surface area contributed by atoms with Gasteiger partial charge in [0.25, 0.3) is 0 Å². The van der Waals surface area contributed by atoms with Crippen LogP contribution in [0.25, 0.3) is 0 Å². The zero-order chi connectivity index (χ0) is 19.3. The molecule has 1 aromatic rings. The Bertz CT molecular complexity index is 666. The summed E-state index contributed by atoms with van der Waals surface area (Å²) in [4.78, 5) is 10.7. The van der Waals surface area contributed by atoms with E-state index in [2.05, 4.69) is 20.2 Å². The number of halogens is 4. The number of aliphatic imine (C=N–C) groups is 1. The number of pyridine rings is 1. The number of hydrogen-bond acceptors (Lipinski definition) is 4. The van der Waals surface area contributed by atoms with Crippen LogP contribution >= 0.6 is 24.0 Å². The number of alkyl halides is 3. The smallest absolute Gasteiger partial charge is 0.422 e. The lowest BCUT2D eigenvalue weighted by Gasteiger charge is -2.25. The van der Waals surface area contributed by atoms with E-state index in [0.29, 0.717) is 12.1 Å². The van der Waals surface area contributed by atoms with Crippen LogP contribution in [-0.2, 0) is 11.3 Å². The first-order chi connectivity index (χ1) is 12.9. The maximum absolute atomic E-state index is 12.4. The van der Waals surface area contributed by atoms with Gasteiger partial charge in [0.2, 0.25) is 5.88 Å². The molecule has 1 N–H and O–H groups in total. The molecule has 0 bridgehead atoms. The summed E-state index contributed by atoms with van der Waals surface area (Å²) >= 11 is 0. The summed E-state index contributed by atoms with van der Waals surface area (Å²) in [5, 5.41) is 3.27. The highest BCUT2D eigenvalue weighted by molar-refractivity contribution is 14.0. The zero-order valence-corrected chi connectivity index (χ0v) is 18.1. The van der Waals surface area contributed by atoms with Crippen LogP contribution in [0.5, 0.6) is 5.88 Å². The number of likely N-dealkylation sites (tertiary alicyclic amines) is 1. The third kappa shape index (κ3) is 6.10. The molecule has 28 heavy (non-hydrogen) atoms. The number of hydrogen-bond donors (Lipinski definition) is 1. The molecular formula is C18H26F3IN4O2. The molecular weight excluding hydrogens is 488 g/mol. The van der Waals surface area contributed by atoms with Gasteiger partial charge < -0.3 is 19.7 Å². The lowest BCUT2D eigenvalue weighted by Crippen LogP contribution is -2.41. The van der Waals surface area contributed by atoms with Crippen molar-refractivity contribution in [1.29, 1.82) is 0 Å². The Labute approximate surface area is 179 Å². The van der Waals surface area contributed by atoms with Crippen LogP contribution in [0.15, 0.2) is 23.3 Å². The molecule has 0 radical (unpaired) electrons. The van der Waals surface area contributed by atoms with Crippen molar-refractivity contribution in [2.24, 2.45) is 10.4 Å². The van der Waals surface area contributed by atoms with Gasteiger partial charge in [-0.2, -0.15) is 13.2 Å². The van der Waals surface area contributed by atoms with Gasteiger partial charge in [-0.3, -0.25) is 0 Å². The maximum atomic E-state index is 12.4. The van der Waals surface area contributed by atoms with Crippen LogP contribution < -0.4 is 10.1 Å². The molecule has 3 rings (SSSR count). The minimum atomic E-state index is -4.40. The molecule has 0 amide bonds. The normalized spacial score (nSPS) is 22.4. The zero-order valence-electron chi connectivity index (χ0n) is 15.8. The second kappa shape index (κ2) is 9.95. The van der Waals surface area contributed by atoms with E-state index in [-0.39, 0.29) is 41.8 Å². The third-order valence-corrected chi connectivity index (χ3v) is 4.88. The molecule has 2 saturated heterocycles. The first-order valence-electron chi connectivity index (χ1n) is 9.15. The number of rotatable bonds is 5. The van der Waals surface area contributed by atoms with E-state index in [4.69, 9.17) is 9.47 Å². The standard InChI is InChI=1S/C18H25F3N4O2.HI/c1-2-22-16(25-8-5-17(11-25)6-9-26-12-17)24-10-14-4-3-7-23-15(14)27-13-18(19,20)21;/h3-4,7H,2,5-6,8-13H2,1H3,(H,22,24);1H. The van der Waals surface area contributed by atoms with Crippen molar-refractivity contribution in [2.75, 3.05) is 39.5 Å². The molecule has 1 unspecified atom stereocenters. The van der Waals surface area contributed by atoms with Crippen molar-refractivity contribution < 1.29 is 22.6 Å². The minimum Gasteiger partial charge on any atom is -0.468 e. The van der Waals surface area contributed by atoms with Gasteiger partial charge in [0.15, 0.2) is 12.6 Å². The SMILES string of the molecule is CCNC(=NCc1cccnc1OCC(F)(F)F)N1CCC2(CCOC2)C1.I. The molecule has 1 spiro atoms. The van der Waals surface area contributed by atoms with E-state index in [0.717, 1.165) is 45.1 Å². The Morgan fingerprint density at radius 2 is 2.25 bits per heavy atom. The third-order valence-electron chi connectivity index (χ3n) is 4.88. The maximum Gasteiger partial charge on any atom is 0.422 e. The second-order valence-corrected chi connectivity index (χ2v) is 7.02. The van der Waals surface area contributed by atoms with Crippen LogP contribution in [0.1, 0.15) is 25.3 Å². The van der Waals surface area contributed by atoms with Gasteiger partial charge in [0.1, 0.15) is 0 Å². The summed E-state index contributed by atoms with van der Waals surface area (Å²) in [6, 6.07) is 3.35. The molecule has 10 heteroatoms. The largest absolute Gasteiger partial charge is 0.468 e. The van der Waals surface area contributed by atoms with Crippen molar-refractivity contribution in [3.63, 3.8) is 0 Å². The number of nitrogens with zero attached hydrogens (tertiary/aromatic N) is 3. The van der Waals surface area contributed by atoms with Gasteiger partial charge in [-0.1, -0.05) is 6.07 Å². The fraction of sp³-hybridized carbons (Fsp3) is 0.667. The van der Waals surface area contributed by atoms with Crippen molar-refractivity contribution in [2.45, 2.75) is 32.5 Å². The first-order valence-corrected chi connectivity index (χ1v) is 9.15. The van der Waals surface area contributed by atoms with Gasteiger partial charge >= 0.3 is 6.18 Å². The molecule has 1 atom stereocenters. The predicted molar refractivity (Wildman–Crippen MR) is 110 cm³/mol. The summed E-state index contributed by atoms with van der Waals surface area (Å²) in [5.74, 6) is 0.725. The fourth-order valence-electron chi connectivity index (χ4n) is 3.50. The fourth-order valence-corrected chi connectivity index (χ4v) is 3.50. The summed E-state index contributed by atoms with van der Waals surface area (Å²) < 4.78 is 47.7. The predicted octanol–water partition coefficient (Wildman–Crippen LogP) is 3.22. The summed E-state index contributed by atoms with van der Waals surface area (Å²) in [5.41, 5.74) is 0.723. The van der Waals surface area contributed by atoms with Crippen molar-refractivity contribution in [3.8, 4) is 5.88 Å². The van der Waals surface area contributed by atoms with Gasteiger partial charge in [-0.15, -0.1) is 24.0 Å². The Morgan fingerprint density at radius 1 is 1.43 bits per heavy atom. The first kappa shape index (κ1) is 23.0. The Hall–Kier alpha value is -1.30. The number of aromatic nitrogens is 1. The van der Waals surface area contributed by atoms with Crippen LogP contribution in [0, 0.1) is 5.41 Å². The molecule has 3 heterocycles. The second-order valence-electron chi connectivity index (χ2n) is 7.02. The summed E-state index contributed by atoms with van der Waals surface area (Å²) in [6.45, 7) is 4.88. The van der Waals surface area contributed by atoms with Gasteiger partial charge in [0, 0.05) is 43.4 Å². The lowest BCUT2D eigenvalue weighted by atomic mass is 9.87.